The lowest BCUT2D eigenvalue weighted by Gasteiger charge is -2.37. The number of thiophene rings is 1. The molecule has 4 nitrogen and oxygen atoms in total. The van der Waals surface area contributed by atoms with Gasteiger partial charge in [-0.15, -0.1) is 0 Å². The van der Waals surface area contributed by atoms with E-state index in [4.69, 9.17) is 4.74 Å². The highest BCUT2D eigenvalue weighted by atomic mass is 32.1. The maximum Gasteiger partial charge on any atom is 0.255 e. The Labute approximate surface area is 128 Å². The van der Waals surface area contributed by atoms with Crippen LogP contribution in [0.1, 0.15) is 22.0 Å². The van der Waals surface area contributed by atoms with E-state index in [2.05, 4.69) is 5.32 Å². The number of piperazine rings is 1. The molecule has 0 spiro atoms. The second-order valence-electron chi connectivity index (χ2n) is 4.97. The number of methoxy groups -OCH3 is 1. The lowest BCUT2D eigenvalue weighted by molar-refractivity contribution is 0.0632. The number of para-hydroxylation sites is 1. The van der Waals surface area contributed by atoms with Crippen molar-refractivity contribution in [1.29, 1.82) is 0 Å². The number of rotatable bonds is 3. The summed E-state index contributed by atoms with van der Waals surface area (Å²) in [5, 5.41) is 7.21. The summed E-state index contributed by atoms with van der Waals surface area (Å²) in [6, 6.07) is 9.79. The summed E-state index contributed by atoms with van der Waals surface area (Å²) in [6.07, 6.45) is 0. The first-order valence-corrected chi connectivity index (χ1v) is 7.92. The molecule has 110 valence electrons. The van der Waals surface area contributed by atoms with E-state index in [-0.39, 0.29) is 11.9 Å². The average Bonchev–Trinajstić information content (AvgIpc) is 3.08. The SMILES string of the molecule is COc1ccccc1[C@H]1CNCCN1C(=O)c1ccsc1. The predicted molar refractivity (Wildman–Crippen MR) is 84.0 cm³/mol. The van der Waals surface area contributed by atoms with E-state index in [1.165, 1.54) is 0 Å². The zero-order valence-electron chi connectivity index (χ0n) is 11.9. The third-order valence-electron chi connectivity index (χ3n) is 3.77. The molecule has 1 saturated heterocycles. The minimum atomic E-state index is 0.00213. The molecule has 5 heteroatoms. The van der Waals surface area contributed by atoms with E-state index in [0.29, 0.717) is 6.54 Å². The number of nitrogens with zero attached hydrogens (tertiary/aromatic N) is 1. The Hall–Kier alpha value is -1.85. The van der Waals surface area contributed by atoms with Gasteiger partial charge in [0, 0.05) is 30.6 Å². The number of ether oxygens (including phenoxy) is 1. The van der Waals surface area contributed by atoms with Crippen LogP contribution in [0, 0.1) is 0 Å². The molecule has 21 heavy (non-hydrogen) atoms. The lowest BCUT2D eigenvalue weighted by Crippen LogP contribution is -2.48. The molecule has 1 amide bonds. The van der Waals surface area contributed by atoms with E-state index >= 15 is 0 Å². The molecular weight excluding hydrogens is 284 g/mol. The van der Waals surface area contributed by atoms with Crippen molar-refractivity contribution in [3.63, 3.8) is 0 Å². The summed E-state index contributed by atoms with van der Waals surface area (Å²) in [4.78, 5) is 14.6. The highest BCUT2D eigenvalue weighted by Crippen LogP contribution is 2.31. The molecule has 2 aromatic rings. The van der Waals surface area contributed by atoms with Crippen LogP contribution in [0.4, 0.5) is 0 Å². The van der Waals surface area contributed by atoms with Crippen LogP contribution < -0.4 is 10.1 Å². The van der Waals surface area contributed by atoms with E-state index in [1.807, 2.05) is 46.0 Å². The fourth-order valence-electron chi connectivity index (χ4n) is 2.72. The van der Waals surface area contributed by atoms with E-state index < -0.39 is 0 Å². The van der Waals surface area contributed by atoms with Gasteiger partial charge in [-0.3, -0.25) is 4.79 Å². The smallest absolute Gasteiger partial charge is 0.255 e. The van der Waals surface area contributed by atoms with Crippen molar-refractivity contribution in [3.05, 3.63) is 52.2 Å². The molecule has 1 aromatic carbocycles. The van der Waals surface area contributed by atoms with Crippen molar-refractivity contribution < 1.29 is 9.53 Å². The Morgan fingerprint density at radius 3 is 3.00 bits per heavy atom. The third kappa shape index (κ3) is 2.80. The molecule has 0 saturated carbocycles. The minimum Gasteiger partial charge on any atom is -0.496 e. The Morgan fingerprint density at radius 2 is 2.24 bits per heavy atom. The van der Waals surface area contributed by atoms with Crippen LogP contribution in [0.2, 0.25) is 0 Å². The molecular formula is C16H18N2O2S. The molecule has 1 aliphatic rings. The Kier molecular flexibility index (Phi) is 4.22. The number of carbonyl (C=O) groups excluding carboxylic acids is 1. The average molecular weight is 302 g/mol. The Bertz CT molecular complexity index is 612. The lowest BCUT2D eigenvalue weighted by atomic mass is 10.0. The van der Waals surface area contributed by atoms with Crippen molar-refractivity contribution >= 4 is 17.2 Å². The molecule has 1 fully saturated rings. The molecule has 0 aliphatic carbocycles. The Balaban J connectivity index is 1.93. The predicted octanol–water partition coefficient (Wildman–Crippen LogP) is 2.54. The second kappa shape index (κ2) is 6.28. The van der Waals surface area contributed by atoms with Crippen LogP contribution in [0.15, 0.2) is 41.1 Å². The highest BCUT2D eigenvalue weighted by Gasteiger charge is 2.30. The van der Waals surface area contributed by atoms with Crippen molar-refractivity contribution in [2.75, 3.05) is 26.7 Å². The second-order valence-corrected chi connectivity index (χ2v) is 5.75. The van der Waals surface area contributed by atoms with Crippen LogP contribution in [0.5, 0.6) is 5.75 Å². The van der Waals surface area contributed by atoms with Gasteiger partial charge in [0.25, 0.3) is 5.91 Å². The van der Waals surface area contributed by atoms with E-state index in [9.17, 15) is 4.79 Å². The third-order valence-corrected chi connectivity index (χ3v) is 4.45. The first-order chi connectivity index (χ1) is 10.3. The number of benzene rings is 1. The fourth-order valence-corrected chi connectivity index (χ4v) is 3.35. The molecule has 2 heterocycles. The normalized spacial score (nSPS) is 18.5. The molecule has 3 rings (SSSR count). The van der Waals surface area contributed by atoms with Gasteiger partial charge in [-0.05, 0) is 17.5 Å². The number of hydrogen-bond donors (Lipinski definition) is 1. The fraction of sp³-hybridized carbons (Fsp3) is 0.312. The number of carbonyl (C=O) groups is 1. The monoisotopic (exact) mass is 302 g/mol. The summed E-state index contributed by atoms with van der Waals surface area (Å²) in [6.45, 7) is 2.27. The summed E-state index contributed by atoms with van der Waals surface area (Å²) in [5.74, 6) is 0.919. The van der Waals surface area contributed by atoms with Gasteiger partial charge >= 0.3 is 0 Å². The van der Waals surface area contributed by atoms with Gasteiger partial charge in [0.1, 0.15) is 5.75 Å². The van der Waals surface area contributed by atoms with Gasteiger partial charge in [-0.1, -0.05) is 18.2 Å². The van der Waals surface area contributed by atoms with Crippen LogP contribution >= 0.6 is 11.3 Å². The van der Waals surface area contributed by atoms with Crippen LogP contribution in [-0.4, -0.2) is 37.6 Å². The Morgan fingerprint density at radius 1 is 1.38 bits per heavy atom. The maximum absolute atomic E-state index is 12.7. The molecule has 0 bridgehead atoms. The largest absolute Gasteiger partial charge is 0.496 e. The molecule has 1 aromatic heterocycles. The van der Waals surface area contributed by atoms with Crippen molar-refractivity contribution in [2.24, 2.45) is 0 Å². The van der Waals surface area contributed by atoms with Crippen LogP contribution in [0.3, 0.4) is 0 Å². The van der Waals surface area contributed by atoms with Crippen LogP contribution in [-0.2, 0) is 0 Å². The summed E-state index contributed by atoms with van der Waals surface area (Å²) in [7, 11) is 1.67. The van der Waals surface area contributed by atoms with Crippen molar-refractivity contribution in [1.82, 2.24) is 10.2 Å². The van der Waals surface area contributed by atoms with Gasteiger partial charge in [-0.2, -0.15) is 11.3 Å². The molecule has 0 radical (unpaired) electrons. The number of amides is 1. The molecule has 1 aliphatic heterocycles. The van der Waals surface area contributed by atoms with Gasteiger partial charge in [-0.25, -0.2) is 0 Å². The van der Waals surface area contributed by atoms with Gasteiger partial charge < -0.3 is 15.0 Å². The number of hydrogen-bond acceptors (Lipinski definition) is 4. The number of nitrogens with one attached hydrogen (secondary N) is 1. The summed E-state index contributed by atoms with van der Waals surface area (Å²) in [5.41, 5.74) is 1.82. The standard InChI is InChI=1S/C16H18N2O2S/c1-20-15-5-3-2-4-13(15)14-10-17-7-8-18(14)16(19)12-6-9-21-11-12/h2-6,9,11,14,17H,7-8,10H2,1H3/t14-/m1/s1. The first-order valence-electron chi connectivity index (χ1n) is 6.98. The quantitative estimate of drug-likeness (QED) is 0.947. The zero-order valence-corrected chi connectivity index (χ0v) is 12.7. The maximum atomic E-state index is 12.7. The molecule has 1 atom stereocenters. The van der Waals surface area contributed by atoms with Gasteiger partial charge in [0.15, 0.2) is 0 Å². The molecule has 0 unspecified atom stereocenters. The molecule has 1 N–H and O–H groups in total. The van der Waals surface area contributed by atoms with Crippen molar-refractivity contribution in [2.45, 2.75) is 6.04 Å². The first kappa shape index (κ1) is 14.1. The summed E-state index contributed by atoms with van der Waals surface area (Å²) < 4.78 is 5.45. The topological polar surface area (TPSA) is 41.6 Å². The van der Waals surface area contributed by atoms with Crippen molar-refractivity contribution in [3.8, 4) is 5.75 Å². The minimum absolute atomic E-state index is 0.00213. The van der Waals surface area contributed by atoms with Gasteiger partial charge in [0.2, 0.25) is 0 Å². The van der Waals surface area contributed by atoms with E-state index in [0.717, 1.165) is 30.0 Å². The summed E-state index contributed by atoms with van der Waals surface area (Å²) >= 11 is 1.55. The highest BCUT2D eigenvalue weighted by molar-refractivity contribution is 7.08. The van der Waals surface area contributed by atoms with Gasteiger partial charge in [0.05, 0.1) is 18.7 Å². The van der Waals surface area contributed by atoms with Crippen LogP contribution in [0.25, 0.3) is 0 Å². The zero-order chi connectivity index (χ0) is 14.7. The van der Waals surface area contributed by atoms with E-state index in [1.54, 1.807) is 18.4 Å².